The van der Waals surface area contributed by atoms with Crippen molar-refractivity contribution in [2.45, 2.75) is 19.3 Å². The van der Waals surface area contributed by atoms with Crippen LogP contribution in [0.3, 0.4) is 0 Å². The van der Waals surface area contributed by atoms with E-state index >= 15 is 0 Å². The van der Waals surface area contributed by atoms with Gasteiger partial charge in [0.15, 0.2) is 0 Å². The lowest BCUT2D eigenvalue weighted by Crippen LogP contribution is -2.14. The number of nitrogens with one attached hydrogen (secondary N) is 1. The molecule has 3 rings (SSSR count). The maximum Gasteiger partial charge on any atom is 0.339 e. The molecule has 0 radical (unpaired) electrons. The van der Waals surface area contributed by atoms with Crippen molar-refractivity contribution in [3.05, 3.63) is 51.2 Å². The second-order valence-corrected chi connectivity index (χ2v) is 6.04. The number of hydrogen-bond donors (Lipinski definition) is 1. The number of carbonyl (C=O) groups excluding carboxylic acids is 2. The minimum atomic E-state index is -0.459. The number of esters is 1. The third kappa shape index (κ3) is 2.69. The molecule has 0 atom stereocenters. The van der Waals surface area contributed by atoms with Gasteiger partial charge in [-0.1, -0.05) is 12.1 Å². The smallest absolute Gasteiger partial charge is 0.339 e. The van der Waals surface area contributed by atoms with E-state index in [2.05, 4.69) is 5.32 Å². The molecule has 0 unspecified atom stereocenters. The molecule has 108 valence electrons. The number of ether oxygens (including phenoxy) is 1. The van der Waals surface area contributed by atoms with E-state index < -0.39 is 5.97 Å². The minimum absolute atomic E-state index is 0.175. The quantitative estimate of drug-likeness (QED) is 0.885. The Labute approximate surface area is 126 Å². The average molecular weight is 301 g/mol. The Kier molecular flexibility index (Phi) is 3.75. The predicted molar refractivity (Wildman–Crippen MR) is 82.1 cm³/mol. The summed E-state index contributed by atoms with van der Waals surface area (Å²) in [7, 11) is 1.32. The number of fused-ring (bicyclic) bond motifs is 1. The number of benzene rings is 1. The normalized spacial score (nSPS) is 12.8. The van der Waals surface area contributed by atoms with Crippen molar-refractivity contribution in [3.8, 4) is 0 Å². The van der Waals surface area contributed by atoms with Crippen LogP contribution >= 0.6 is 11.3 Å². The highest BCUT2D eigenvalue weighted by molar-refractivity contribution is 7.14. The molecule has 0 spiro atoms. The van der Waals surface area contributed by atoms with Crippen LogP contribution in [-0.2, 0) is 17.6 Å². The number of para-hydroxylation sites is 1. The molecule has 1 aromatic heterocycles. The van der Waals surface area contributed by atoms with Gasteiger partial charge in [0.05, 0.1) is 23.2 Å². The molecule has 1 N–H and O–H groups in total. The third-order valence-corrected chi connectivity index (χ3v) is 4.79. The molecular formula is C16H15NO3S. The van der Waals surface area contributed by atoms with Gasteiger partial charge in [0.2, 0.25) is 0 Å². The molecule has 0 aliphatic heterocycles. The second-order valence-electron chi connectivity index (χ2n) is 4.90. The summed E-state index contributed by atoms with van der Waals surface area (Å²) >= 11 is 1.54. The maximum atomic E-state index is 12.3. The van der Waals surface area contributed by atoms with E-state index in [1.54, 1.807) is 35.6 Å². The van der Waals surface area contributed by atoms with Crippen LogP contribution < -0.4 is 5.32 Å². The largest absolute Gasteiger partial charge is 0.465 e. The lowest BCUT2D eigenvalue weighted by Gasteiger charge is -2.08. The van der Waals surface area contributed by atoms with Crippen LogP contribution in [0.5, 0.6) is 0 Å². The summed E-state index contributed by atoms with van der Waals surface area (Å²) in [6.07, 6.45) is 3.29. The van der Waals surface area contributed by atoms with Crippen LogP contribution in [-0.4, -0.2) is 19.0 Å². The first-order valence-electron chi connectivity index (χ1n) is 6.79. The highest BCUT2D eigenvalue weighted by Crippen LogP contribution is 2.31. The number of rotatable bonds is 3. The third-order valence-electron chi connectivity index (χ3n) is 3.55. The Balaban J connectivity index is 1.83. The van der Waals surface area contributed by atoms with Crippen molar-refractivity contribution in [2.75, 3.05) is 12.4 Å². The number of methoxy groups -OCH3 is 1. The number of carbonyl (C=O) groups is 2. The molecule has 0 saturated heterocycles. The zero-order chi connectivity index (χ0) is 14.8. The van der Waals surface area contributed by atoms with E-state index in [1.807, 2.05) is 6.07 Å². The van der Waals surface area contributed by atoms with Gasteiger partial charge in [0, 0.05) is 4.88 Å². The van der Waals surface area contributed by atoms with Crippen molar-refractivity contribution in [3.63, 3.8) is 0 Å². The van der Waals surface area contributed by atoms with Crippen LogP contribution in [0.2, 0.25) is 0 Å². The molecule has 1 aliphatic carbocycles. The Bertz CT molecular complexity index is 684. The van der Waals surface area contributed by atoms with Crippen molar-refractivity contribution < 1.29 is 14.3 Å². The van der Waals surface area contributed by atoms with E-state index in [0.717, 1.165) is 12.8 Å². The fourth-order valence-corrected chi connectivity index (χ4v) is 3.65. The minimum Gasteiger partial charge on any atom is -0.465 e. The van der Waals surface area contributed by atoms with Gasteiger partial charge in [0.1, 0.15) is 0 Å². The number of thiophene rings is 1. The highest BCUT2D eigenvalue weighted by Gasteiger charge is 2.20. The van der Waals surface area contributed by atoms with Crippen LogP contribution in [0.1, 0.15) is 36.9 Å². The summed E-state index contributed by atoms with van der Waals surface area (Å²) in [5.41, 5.74) is 2.12. The zero-order valence-corrected chi connectivity index (χ0v) is 12.5. The van der Waals surface area contributed by atoms with Crippen LogP contribution in [0, 0.1) is 0 Å². The van der Waals surface area contributed by atoms with Crippen LogP contribution in [0.15, 0.2) is 30.3 Å². The Morgan fingerprint density at radius 3 is 2.81 bits per heavy atom. The Hall–Kier alpha value is -2.14. The topological polar surface area (TPSA) is 55.4 Å². The van der Waals surface area contributed by atoms with Gasteiger partial charge < -0.3 is 10.1 Å². The van der Waals surface area contributed by atoms with Crippen molar-refractivity contribution in [1.29, 1.82) is 0 Å². The molecule has 0 bridgehead atoms. The van der Waals surface area contributed by atoms with Crippen LogP contribution in [0.4, 0.5) is 5.69 Å². The first-order chi connectivity index (χ1) is 10.2. The van der Waals surface area contributed by atoms with E-state index in [0.29, 0.717) is 16.1 Å². The van der Waals surface area contributed by atoms with Gasteiger partial charge in [-0.25, -0.2) is 4.79 Å². The molecule has 5 heteroatoms. The standard InChI is InChI=1S/C16H15NO3S/c1-20-16(19)11-6-2-3-7-12(11)17-15(18)14-9-10-5-4-8-13(10)21-14/h2-3,6-7,9H,4-5,8H2,1H3,(H,17,18). The van der Waals surface area contributed by atoms with Gasteiger partial charge in [-0.05, 0) is 43.0 Å². The number of hydrogen-bond acceptors (Lipinski definition) is 4. The number of anilines is 1. The molecule has 4 nitrogen and oxygen atoms in total. The van der Waals surface area contributed by atoms with Gasteiger partial charge in [-0.3, -0.25) is 4.79 Å². The van der Waals surface area contributed by atoms with Crippen molar-refractivity contribution in [2.24, 2.45) is 0 Å². The summed E-state index contributed by atoms with van der Waals surface area (Å²) < 4.78 is 4.73. The highest BCUT2D eigenvalue weighted by atomic mass is 32.1. The van der Waals surface area contributed by atoms with E-state index in [4.69, 9.17) is 4.74 Å². The maximum absolute atomic E-state index is 12.3. The van der Waals surface area contributed by atoms with Gasteiger partial charge >= 0.3 is 5.97 Å². The first-order valence-corrected chi connectivity index (χ1v) is 7.61. The molecule has 0 fully saturated rings. The monoisotopic (exact) mass is 301 g/mol. The van der Waals surface area contributed by atoms with Gasteiger partial charge in [0.25, 0.3) is 5.91 Å². The molecular weight excluding hydrogens is 286 g/mol. The number of amides is 1. The first kappa shape index (κ1) is 13.8. The zero-order valence-electron chi connectivity index (χ0n) is 11.6. The molecule has 1 aromatic carbocycles. The lowest BCUT2D eigenvalue weighted by molar-refractivity contribution is 0.0602. The summed E-state index contributed by atoms with van der Waals surface area (Å²) in [6, 6.07) is 8.81. The van der Waals surface area contributed by atoms with Crippen molar-refractivity contribution >= 4 is 28.9 Å². The summed E-state index contributed by atoms with van der Waals surface area (Å²) in [5, 5.41) is 2.80. The molecule has 21 heavy (non-hydrogen) atoms. The van der Waals surface area contributed by atoms with Crippen LogP contribution in [0.25, 0.3) is 0 Å². The average Bonchev–Trinajstić information content (AvgIpc) is 3.08. The fraction of sp³-hybridized carbons (Fsp3) is 0.250. The molecule has 1 amide bonds. The summed E-state index contributed by atoms with van der Waals surface area (Å²) in [6.45, 7) is 0. The summed E-state index contributed by atoms with van der Waals surface area (Å²) in [5.74, 6) is -0.634. The SMILES string of the molecule is COC(=O)c1ccccc1NC(=O)c1cc2c(s1)CCC2. The predicted octanol–water partition coefficient (Wildman–Crippen LogP) is 3.28. The van der Waals surface area contributed by atoms with E-state index in [1.165, 1.54) is 24.0 Å². The Morgan fingerprint density at radius 1 is 1.24 bits per heavy atom. The van der Waals surface area contributed by atoms with E-state index in [9.17, 15) is 9.59 Å². The van der Waals surface area contributed by atoms with Gasteiger partial charge in [-0.2, -0.15) is 0 Å². The number of aryl methyl sites for hydroxylation is 2. The summed E-state index contributed by atoms with van der Waals surface area (Å²) in [4.78, 5) is 26.0. The Morgan fingerprint density at radius 2 is 2.05 bits per heavy atom. The molecule has 0 saturated carbocycles. The van der Waals surface area contributed by atoms with Crippen molar-refractivity contribution in [1.82, 2.24) is 0 Å². The molecule has 1 aliphatic rings. The molecule has 1 heterocycles. The molecule has 2 aromatic rings. The lowest BCUT2D eigenvalue weighted by atomic mass is 10.1. The van der Waals surface area contributed by atoms with E-state index in [-0.39, 0.29) is 5.91 Å². The van der Waals surface area contributed by atoms with Gasteiger partial charge in [-0.15, -0.1) is 11.3 Å². The second kappa shape index (κ2) is 5.69. The fourth-order valence-electron chi connectivity index (χ4n) is 2.50.